The highest BCUT2D eigenvalue weighted by Crippen LogP contribution is 2.48. The molecule has 5 heteroatoms. The first-order valence-corrected chi connectivity index (χ1v) is 12.4. The number of hydrogen-bond acceptors (Lipinski definition) is 4. The van der Waals surface area contributed by atoms with Crippen molar-refractivity contribution >= 4 is 11.7 Å². The molecule has 2 aliphatic carbocycles. The third kappa shape index (κ3) is 7.28. The third-order valence-electron chi connectivity index (χ3n) is 7.02. The number of amides is 1. The molecule has 0 saturated heterocycles. The van der Waals surface area contributed by atoms with E-state index in [4.69, 9.17) is 0 Å². The minimum Gasteiger partial charge on any atom is -0.392 e. The number of hydrogen-bond donors (Lipinski definition) is 3. The highest BCUT2D eigenvalue weighted by Gasteiger charge is 2.43. The first-order valence-electron chi connectivity index (χ1n) is 12.4. The van der Waals surface area contributed by atoms with E-state index in [0.717, 1.165) is 51.4 Å². The molecule has 2 aliphatic rings. The number of carbonyl (C=O) groups excluding carboxylic acids is 1. The number of pyridine rings is 1. The zero-order valence-electron chi connectivity index (χ0n) is 19.7. The van der Waals surface area contributed by atoms with E-state index in [1.165, 1.54) is 5.57 Å². The lowest BCUT2D eigenvalue weighted by Crippen LogP contribution is -2.23. The molecule has 0 bridgehead atoms. The van der Waals surface area contributed by atoms with E-state index < -0.39 is 5.60 Å². The Morgan fingerprint density at radius 1 is 1.31 bits per heavy atom. The van der Waals surface area contributed by atoms with Crippen LogP contribution in [-0.4, -0.2) is 32.8 Å². The van der Waals surface area contributed by atoms with Crippen LogP contribution in [0.5, 0.6) is 0 Å². The van der Waals surface area contributed by atoms with Crippen LogP contribution in [0.1, 0.15) is 78.1 Å². The van der Waals surface area contributed by atoms with E-state index in [-0.39, 0.29) is 17.9 Å². The fraction of sp³-hybridized carbons (Fsp3) is 0.630. The van der Waals surface area contributed by atoms with Crippen molar-refractivity contribution in [1.82, 2.24) is 4.98 Å². The second-order valence-electron chi connectivity index (χ2n) is 9.94. The van der Waals surface area contributed by atoms with Crippen LogP contribution in [0.4, 0.5) is 5.82 Å². The molecule has 5 nitrogen and oxygen atoms in total. The van der Waals surface area contributed by atoms with E-state index in [0.29, 0.717) is 30.5 Å². The fourth-order valence-corrected chi connectivity index (χ4v) is 5.21. The minimum atomic E-state index is -0.655. The molecular weight excluding hydrogens is 400 g/mol. The van der Waals surface area contributed by atoms with Crippen LogP contribution in [0, 0.1) is 17.8 Å². The summed E-state index contributed by atoms with van der Waals surface area (Å²) in [6.45, 7) is 4.05. The van der Waals surface area contributed by atoms with Crippen molar-refractivity contribution in [3.05, 3.63) is 48.2 Å². The molecule has 0 aromatic carbocycles. The number of unbranched alkanes of at least 4 members (excludes halogenated alkanes) is 2. The Labute approximate surface area is 193 Å². The Bertz CT molecular complexity index is 787. The second kappa shape index (κ2) is 11.8. The Balaban J connectivity index is 1.39. The molecule has 1 amide bonds. The predicted molar refractivity (Wildman–Crippen MR) is 129 cm³/mol. The molecule has 5 atom stereocenters. The summed E-state index contributed by atoms with van der Waals surface area (Å²) in [5, 5.41) is 23.9. The molecule has 1 aromatic heterocycles. The van der Waals surface area contributed by atoms with Crippen molar-refractivity contribution in [2.75, 3.05) is 5.32 Å². The SMILES string of the molecule is CCCC[C@](C)(O)C/C=C/[C@@H]1[C@H]2CC(CCCCC(=O)Nc3ccccn3)=C[C@H]2C[C@H]1O. The summed E-state index contributed by atoms with van der Waals surface area (Å²) in [5.41, 5.74) is 0.822. The highest BCUT2D eigenvalue weighted by molar-refractivity contribution is 5.89. The quantitative estimate of drug-likeness (QED) is 0.300. The molecule has 0 unspecified atom stereocenters. The summed E-state index contributed by atoms with van der Waals surface area (Å²) in [6.07, 6.45) is 16.9. The number of anilines is 1. The lowest BCUT2D eigenvalue weighted by molar-refractivity contribution is -0.116. The smallest absolute Gasteiger partial charge is 0.225 e. The van der Waals surface area contributed by atoms with Gasteiger partial charge in [0.25, 0.3) is 0 Å². The first kappa shape index (κ1) is 24.7. The number of nitrogens with zero attached hydrogens (tertiary/aromatic N) is 1. The van der Waals surface area contributed by atoms with Gasteiger partial charge < -0.3 is 15.5 Å². The summed E-state index contributed by atoms with van der Waals surface area (Å²) in [7, 11) is 0. The molecule has 0 spiro atoms. The van der Waals surface area contributed by atoms with Gasteiger partial charge in [-0.3, -0.25) is 4.79 Å². The van der Waals surface area contributed by atoms with E-state index in [1.807, 2.05) is 19.1 Å². The van der Waals surface area contributed by atoms with Crippen molar-refractivity contribution in [3.63, 3.8) is 0 Å². The topological polar surface area (TPSA) is 82.5 Å². The Morgan fingerprint density at radius 3 is 2.91 bits per heavy atom. The largest absolute Gasteiger partial charge is 0.392 e. The number of aliphatic hydroxyl groups excluding tert-OH is 1. The molecule has 176 valence electrons. The van der Waals surface area contributed by atoms with E-state index in [1.54, 1.807) is 12.3 Å². The number of fused-ring (bicyclic) bond motifs is 1. The summed E-state index contributed by atoms with van der Waals surface area (Å²) in [4.78, 5) is 16.2. The molecule has 1 fully saturated rings. The van der Waals surface area contributed by atoms with Gasteiger partial charge in [0.2, 0.25) is 5.91 Å². The van der Waals surface area contributed by atoms with Gasteiger partial charge in [-0.25, -0.2) is 4.98 Å². The van der Waals surface area contributed by atoms with Crippen molar-refractivity contribution in [2.45, 2.75) is 89.8 Å². The van der Waals surface area contributed by atoms with Crippen molar-refractivity contribution in [3.8, 4) is 0 Å². The molecular formula is C27H40N2O3. The van der Waals surface area contributed by atoms with Gasteiger partial charge in [-0.2, -0.15) is 0 Å². The fourth-order valence-electron chi connectivity index (χ4n) is 5.21. The number of nitrogens with one attached hydrogen (secondary N) is 1. The lowest BCUT2D eigenvalue weighted by Gasteiger charge is -2.22. The van der Waals surface area contributed by atoms with Gasteiger partial charge in [0.05, 0.1) is 11.7 Å². The van der Waals surface area contributed by atoms with Gasteiger partial charge >= 0.3 is 0 Å². The lowest BCUT2D eigenvalue weighted by atomic mass is 9.87. The maximum Gasteiger partial charge on any atom is 0.225 e. The zero-order valence-corrected chi connectivity index (χ0v) is 19.7. The maximum atomic E-state index is 12.1. The van der Waals surface area contributed by atoms with Crippen LogP contribution in [-0.2, 0) is 4.79 Å². The number of carbonyl (C=O) groups is 1. The molecule has 1 saturated carbocycles. The van der Waals surface area contributed by atoms with Gasteiger partial charge in [0, 0.05) is 18.5 Å². The standard InChI is InChI=1S/C27H40N2O3/c1-3-4-14-27(2,32)15-9-11-22-23-18-20(17-21(23)19-24(22)30)10-5-6-13-26(31)29-25-12-7-8-16-28-25/h7-9,11-12,16-17,21-24,30,32H,3-6,10,13-15,18-19H2,1-2H3,(H,28,29,31)/b11-9+/t21-,22+,23-,24+,27-/m0/s1. The van der Waals surface area contributed by atoms with Crippen LogP contribution < -0.4 is 5.32 Å². The average molecular weight is 441 g/mol. The third-order valence-corrected chi connectivity index (χ3v) is 7.02. The molecule has 3 N–H and O–H groups in total. The van der Waals surface area contributed by atoms with E-state index in [9.17, 15) is 15.0 Å². The minimum absolute atomic E-state index is 0.0177. The average Bonchev–Trinajstić information content (AvgIpc) is 3.27. The van der Waals surface area contributed by atoms with Crippen molar-refractivity contribution < 1.29 is 15.0 Å². The summed E-state index contributed by atoms with van der Waals surface area (Å²) in [6, 6.07) is 5.49. The number of rotatable bonds is 12. The van der Waals surface area contributed by atoms with Crippen molar-refractivity contribution in [1.29, 1.82) is 0 Å². The molecule has 32 heavy (non-hydrogen) atoms. The van der Waals surface area contributed by atoms with Crippen molar-refractivity contribution in [2.24, 2.45) is 17.8 Å². The van der Waals surface area contributed by atoms with Crippen LogP contribution in [0.15, 0.2) is 48.2 Å². The van der Waals surface area contributed by atoms with Gasteiger partial charge in [0.1, 0.15) is 5.82 Å². The summed E-state index contributed by atoms with van der Waals surface area (Å²) >= 11 is 0. The monoisotopic (exact) mass is 440 g/mol. The molecule has 1 heterocycles. The number of aromatic nitrogens is 1. The Hall–Kier alpha value is -1.98. The number of allylic oxidation sites excluding steroid dienone is 2. The Kier molecular flexibility index (Phi) is 9.06. The second-order valence-corrected chi connectivity index (χ2v) is 9.94. The van der Waals surface area contributed by atoms with Crippen LogP contribution in [0.3, 0.4) is 0 Å². The van der Waals surface area contributed by atoms with E-state index in [2.05, 4.69) is 35.5 Å². The molecule has 3 rings (SSSR count). The van der Waals surface area contributed by atoms with Crippen LogP contribution in [0.25, 0.3) is 0 Å². The molecule has 1 aromatic rings. The molecule has 0 radical (unpaired) electrons. The van der Waals surface area contributed by atoms with Gasteiger partial charge in [-0.15, -0.1) is 0 Å². The number of aliphatic hydroxyl groups is 2. The summed E-state index contributed by atoms with van der Waals surface area (Å²) in [5.74, 6) is 1.74. The van der Waals surface area contributed by atoms with E-state index >= 15 is 0 Å². The first-order chi connectivity index (χ1) is 15.4. The normalized spacial score (nSPS) is 26.7. The zero-order chi connectivity index (χ0) is 23.0. The summed E-state index contributed by atoms with van der Waals surface area (Å²) < 4.78 is 0. The van der Waals surface area contributed by atoms with Gasteiger partial charge in [-0.1, -0.05) is 49.6 Å². The molecule has 0 aliphatic heterocycles. The van der Waals surface area contributed by atoms with Gasteiger partial charge in [-0.05, 0) is 75.8 Å². The maximum absolute atomic E-state index is 12.1. The Morgan fingerprint density at radius 2 is 2.16 bits per heavy atom. The highest BCUT2D eigenvalue weighted by atomic mass is 16.3. The van der Waals surface area contributed by atoms with Crippen LogP contribution in [0.2, 0.25) is 0 Å². The van der Waals surface area contributed by atoms with Gasteiger partial charge in [0.15, 0.2) is 0 Å². The predicted octanol–water partition coefficient (Wildman–Crippen LogP) is 5.41. The van der Waals surface area contributed by atoms with Crippen LogP contribution >= 0.6 is 0 Å².